The van der Waals surface area contributed by atoms with Crippen molar-refractivity contribution in [3.8, 4) is 0 Å². The number of carbonyl (C=O) groups is 4. The van der Waals surface area contributed by atoms with Crippen LogP contribution in [0.15, 0.2) is 42.5 Å². The molecule has 5 rings (SSSR count). The SMILES string of the molecule is CS(=O)(=O)Nc1ccc2c(c1)[C@H]1CCC[C@@H](C(=O)O)N1C(=O)[C@@H](N1C(=O)c3ccccc3C1=O)C2. The lowest BCUT2D eigenvalue weighted by Crippen LogP contribution is -2.56. The molecule has 3 amide bonds. The van der Waals surface area contributed by atoms with Crippen LogP contribution in [0.2, 0.25) is 0 Å². The summed E-state index contributed by atoms with van der Waals surface area (Å²) in [6.07, 6.45) is 2.28. The van der Waals surface area contributed by atoms with E-state index in [1.54, 1.807) is 30.3 Å². The van der Waals surface area contributed by atoms with Gasteiger partial charge in [0.05, 0.1) is 23.4 Å². The molecule has 35 heavy (non-hydrogen) atoms. The lowest BCUT2D eigenvalue weighted by Gasteiger charge is -2.41. The van der Waals surface area contributed by atoms with Gasteiger partial charge in [-0.2, -0.15) is 0 Å². The minimum atomic E-state index is -3.57. The molecule has 182 valence electrons. The highest BCUT2D eigenvalue weighted by molar-refractivity contribution is 7.92. The van der Waals surface area contributed by atoms with Crippen molar-refractivity contribution >= 4 is 39.4 Å². The second kappa shape index (κ2) is 8.19. The van der Waals surface area contributed by atoms with Gasteiger partial charge in [-0.3, -0.25) is 24.0 Å². The third kappa shape index (κ3) is 3.85. The molecule has 2 N–H and O–H groups in total. The summed E-state index contributed by atoms with van der Waals surface area (Å²) < 4.78 is 26.0. The van der Waals surface area contributed by atoms with Crippen LogP contribution >= 0.6 is 0 Å². The maximum atomic E-state index is 13.9. The molecule has 0 aliphatic carbocycles. The van der Waals surface area contributed by atoms with Crippen molar-refractivity contribution in [1.82, 2.24) is 9.80 Å². The highest BCUT2D eigenvalue weighted by Gasteiger charge is 2.50. The number of carbonyl (C=O) groups excluding carboxylic acids is 3. The number of carboxylic acid groups (broad SMARTS) is 1. The van der Waals surface area contributed by atoms with Crippen LogP contribution in [0.5, 0.6) is 0 Å². The molecule has 2 aromatic carbocycles. The Kier molecular flexibility index (Phi) is 5.39. The molecule has 3 atom stereocenters. The van der Waals surface area contributed by atoms with E-state index >= 15 is 0 Å². The average molecular weight is 498 g/mol. The summed E-state index contributed by atoms with van der Waals surface area (Å²) in [4.78, 5) is 54.7. The average Bonchev–Trinajstić information content (AvgIpc) is 2.98. The fourth-order valence-corrected chi connectivity index (χ4v) is 5.94. The Morgan fingerprint density at radius 1 is 1.00 bits per heavy atom. The number of rotatable bonds is 4. The zero-order valence-electron chi connectivity index (χ0n) is 18.8. The van der Waals surface area contributed by atoms with E-state index < -0.39 is 51.8 Å². The fraction of sp³-hybridized carbons (Fsp3) is 0.333. The topological polar surface area (TPSA) is 141 Å². The second-order valence-corrected chi connectivity index (χ2v) is 10.8. The van der Waals surface area contributed by atoms with Crippen molar-refractivity contribution in [1.29, 1.82) is 0 Å². The van der Waals surface area contributed by atoms with E-state index in [2.05, 4.69) is 4.72 Å². The van der Waals surface area contributed by atoms with E-state index in [1.807, 2.05) is 0 Å². The lowest BCUT2D eigenvalue weighted by atomic mass is 9.89. The number of benzene rings is 2. The Morgan fingerprint density at radius 2 is 1.66 bits per heavy atom. The number of anilines is 1. The number of aliphatic carboxylic acids is 1. The van der Waals surface area contributed by atoms with Gasteiger partial charge in [0.1, 0.15) is 12.1 Å². The van der Waals surface area contributed by atoms with Gasteiger partial charge in [0.2, 0.25) is 15.9 Å². The molecular weight excluding hydrogens is 474 g/mol. The summed E-state index contributed by atoms with van der Waals surface area (Å²) in [6, 6.07) is 8.16. The molecule has 3 aliphatic rings. The highest BCUT2D eigenvalue weighted by Crippen LogP contribution is 2.42. The normalized spacial score (nSPS) is 23.9. The second-order valence-electron chi connectivity index (χ2n) is 9.08. The first-order valence-electron chi connectivity index (χ1n) is 11.2. The molecule has 11 heteroatoms. The van der Waals surface area contributed by atoms with E-state index in [0.717, 1.165) is 11.2 Å². The van der Waals surface area contributed by atoms with Crippen molar-refractivity contribution in [3.05, 3.63) is 64.7 Å². The number of fused-ring (bicyclic) bond motifs is 4. The third-order valence-electron chi connectivity index (χ3n) is 6.81. The van der Waals surface area contributed by atoms with Crippen LogP contribution in [0.25, 0.3) is 0 Å². The van der Waals surface area contributed by atoms with Crippen molar-refractivity contribution in [2.24, 2.45) is 0 Å². The molecule has 0 saturated carbocycles. The molecular formula is C24H23N3O7S. The van der Waals surface area contributed by atoms with Gasteiger partial charge in [0.25, 0.3) is 11.8 Å². The van der Waals surface area contributed by atoms with Crippen molar-refractivity contribution in [3.63, 3.8) is 0 Å². The molecule has 3 heterocycles. The minimum absolute atomic E-state index is 0.00186. The van der Waals surface area contributed by atoms with Gasteiger partial charge in [-0.1, -0.05) is 18.2 Å². The van der Waals surface area contributed by atoms with Gasteiger partial charge in [-0.15, -0.1) is 0 Å². The number of hydrogen-bond acceptors (Lipinski definition) is 6. The van der Waals surface area contributed by atoms with Crippen LogP contribution in [0.1, 0.15) is 57.1 Å². The minimum Gasteiger partial charge on any atom is -0.480 e. The number of nitrogens with zero attached hydrogens (tertiary/aromatic N) is 2. The van der Waals surface area contributed by atoms with Gasteiger partial charge in [0, 0.05) is 12.1 Å². The van der Waals surface area contributed by atoms with Crippen LogP contribution in [0.4, 0.5) is 5.69 Å². The summed E-state index contributed by atoms with van der Waals surface area (Å²) >= 11 is 0. The zero-order valence-corrected chi connectivity index (χ0v) is 19.6. The van der Waals surface area contributed by atoms with Crippen LogP contribution < -0.4 is 4.72 Å². The van der Waals surface area contributed by atoms with Gasteiger partial charge in [-0.05, 0) is 54.7 Å². The first-order chi connectivity index (χ1) is 16.6. The van der Waals surface area contributed by atoms with Crippen LogP contribution in [-0.4, -0.2) is 65.4 Å². The summed E-state index contributed by atoms with van der Waals surface area (Å²) in [5.74, 6) is -2.96. The number of piperidine rings is 1. The number of nitrogens with one attached hydrogen (secondary N) is 1. The Hall–Kier alpha value is -3.73. The summed E-state index contributed by atoms with van der Waals surface area (Å²) in [6.45, 7) is 0. The van der Waals surface area contributed by atoms with Crippen LogP contribution in [0.3, 0.4) is 0 Å². The standard InChI is InChI=1S/C24H23N3O7S/c1-35(33,34)25-14-10-9-13-11-20(27-21(28)15-5-2-3-6-16(15)22(27)29)23(30)26-18(17(13)12-14)7-4-8-19(26)24(31)32/h2-3,5-6,9-10,12,18-20,25H,4,7-8,11H2,1H3,(H,31,32)/t18-,19+,20+/m1/s1. The maximum Gasteiger partial charge on any atom is 0.326 e. The largest absolute Gasteiger partial charge is 0.480 e. The summed E-state index contributed by atoms with van der Waals surface area (Å²) in [5, 5.41) is 9.91. The predicted octanol–water partition coefficient (Wildman–Crippen LogP) is 1.79. The maximum absolute atomic E-state index is 13.9. The first-order valence-corrected chi connectivity index (χ1v) is 13.1. The molecule has 1 fully saturated rings. The quantitative estimate of drug-likeness (QED) is 0.614. The molecule has 10 nitrogen and oxygen atoms in total. The van der Waals surface area contributed by atoms with Gasteiger partial charge in [0.15, 0.2) is 0 Å². The molecule has 2 aromatic rings. The van der Waals surface area contributed by atoms with Crippen molar-refractivity contribution < 1.29 is 32.7 Å². The van der Waals surface area contributed by atoms with E-state index in [9.17, 15) is 32.7 Å². The number of imide groups is 1. The van der Waals surface area contributed by atoms with Crippen molar-refractivity contribution in [2.75, 3.05) is 11.0 Å². The zero-order chi connectivity index (χ0) is 25.1. The van der Waals surface area contributed by atoms with E-state index in [1.165, 1.54) is 17.0 Å². The molecule has 0 radical (unpaired) electrons. The molecule has 3 aliphatic heterocycles. The van der Waals surface area contributed by atoms with E-state index in [-0.39, 0.29) is 29.7 Å². The third-order valence-corrected chi connectivity index (χ3v) is 7.42. The van der Waals surface area contributed by atoms with E-state index in [0.29, 0.717) is 24.0 Å². The smallest absolute Gasteiger partial charge is 0.326 e. The molecule has 0 spiro atoms. The van der Waals surface area contributed by atoms with Gasteiger partial charge < -0.3 is 10.0 Å². The molecule has 0 bridgehead atoms. The Balaban J connectivity index is 1.64. The Labute approximate surface area is 201 Å². The Morgan fingerprint density at radius 3 is 2.26 bits per heavy atom. The lowest BCUT2D eigenvalue weighted by molar-refractivity contribution is -0.156. The summed E-state index contributed by atoms with van der Waals surface area (Å²) in [5.41, 5.74) is 1.95. The number of sulfonamides is 1. The van der Waals surface area contributed by atoms with Gasteiger partial charge in [-0.25, -0.2) is 13.2 Å². The molecule has 0 unspecified atom stereocenters. The number of carboxylic acids is 1. The van der Waals surface area contributed by atoms with Crippen molar-refractivity contribution in [2.45, 2.75) is 43.8 Å². The molecule has 0 aromatic heterocycles. The number of hydrogen-bond donors (Lipinski definition) is 2. The summed E-state index contributed by atoms with van der Waals surface area (Å²) in [7, 11) is -3.57. The first kappa shape index (κ1) is 23.0. The van der Waals surface area contributed by atoms with Crippen LogP contribution in [0, 0.1) is 0 Å². The molecule has 1 saturated heterocycles. The van der Waals surface area contributed by atoms with E-state index in [4.69, 9.17) is 0 Å². The Bertz CT molecular complexity index is 1350. The predicted molar refractivity (Wildman–Crippen MR) is 124 cm³/mol. The monoisotopic (exact) mass is 497 g/mol. The van der Waals surface area contributed by atoms with Crippen LogP contribution in [-0.2, 0) is 26.0 Å². The fourth-order valence-electron chi connectivity index (χ4n) is 5.38. The number of amides is 3. The van der Waals surface area contributed by atoms with Gasteiger partial charge >= 0.3 is 5.97 Å². The highest BCUT2D eigenvalue weighted by atomic mass is 32.2.